The van der Waals surface area contributed by atoms with E-state index >= 15 is 0 Å². The second-order valence-corrected chi connectivity index (χ2v) is 7.41. The van der Waals surface area contributed by atoms with E-state index in [2.05, 4.69) is 19.1 Å². The van der Waals surface area contributed by atoms with E-state index in [1.807, 2.05) is 41.0 Å². The van der Waals surface area contributed by atoms with Crippen molar-refractivity contribution in [1.82, 2.24) is 4.57 Å². The number of carbonyl (C=O) groups excluding carboxylic acids is 2. The van der Waals surface area contributed by atoms with Gasteiger partial charge in [0.25, 0.3) is 5.91 Å². The molecule has 138 valence electrons. The molecule has 2 aromatic carbocycles. The fourth-order valence-electron chi connectivity index (χ4n) is 4.28. The van der Waals surface area contributed by atoms with E-state index < -0.39 is 0 Å². The number of halogens is 1. The first kappa shape index (κ1) is 18.0. The third-order valence-electron chi connectivity index (χ3n) is 5.66. The van der Waals surface area contributed by atoms with Crippen LogP contribution in [-0.4, -0.2) is 22.1 Å². The summed E-state index contributed by atoms with van der Waals surface area (Å²) in [5.41, 5.74) is 5.03. The standard InChI is InChI=1S/C23H22ClNO2/c1-2-15-9-6-10-18-19-13-17(21(26)14-24)11-12-20(19)25(22(15)18)23(27)16-7-4-3-5-8-16/h3-10,17H,2,11-14H2,1H3. The molecule has 0 radical (unpaired) electrons. The van der Waals surface area contributed by atoms with Crippen molar-refractivity contribution in [1.29, 1.82) is 0 Å². The van der Waals surface area contributed by atoms with Crippen LogP contribution in [0.3, 0.4) is 0 Å². The number of aryl methyl sites for hydroxylation is 1. The van der Waals surface area contributed by atoms with Gasteiger partial charge in [0.2, 0.25) is 0 Å². The number of aromatic nitrogens is 1. The van der Waals surface area contributed by atoms with Gasteiger partial charge in [-0.15, -0.1) is 11.6 Å². The average Bonchev–Trinajstić information content (AvgIpc) is 3.07. The van der Waals surface area contributed by atoms with Gasteiger partial charge in [-0.2, -0.15) is 0 Å². The van der Waals surface area contributed by atoms with Crippen LogP contribution >= 0.6 is 11.6 Å². The lowest BCUT2D eigenvalue weighted by Gasteiger charge is -2.22. The smallest absolute Gasteiger partial charge is 0.262 e. The summed E-state index contributed by atoms with van der Waals surface area (Å²) in [6.07, 6.45) is 2.99. The van der Waals surface area contributed by atoms with Gasteiger partial charge in [0.15, 0.2) is 5.78 Å². The minimum Gasteiger partial charge on any atom is -0.298 e. The van der Waals surface area contributed by atoms with E-state index in [1.165, 1.54) is 0 Å². The maximum Gasteiger partial charge on any atom is 0.262 e. The van der Waals surface area contributed by atoms with E-state index in [-0.39, 0.29) is 23.5 Å². The van der Waals surface area contributed by atoms with Crippen LogP contribution in [0.5, 0.6) is 0 Å². The number of alkyl halides is 1. The first-order valence-electron chi connectivity index (χ1n) is 9.48. The minimum atomic E-state index is -0.0499. The molecule has 1 unspecified atom stereocenters. The van der Waals surface area contributed by atoms with Crippen LogP contribution in [0, 0.1) is 5.92 Å². The lowest BCUT2D eigenvalue weighted by molar-refractivity contribution is -0.120. The van der Waals surface area contributed by atoms with Gasteiger partial charge in [-0.25, -0.2) is 0 Å². The summed E-state index contributed by atoms with van der Waals surface area (Å²) in [6.45, 7) is 2.11. The lowest BCUT2D eigenvalue weighted by atomic mass is 9.84. The molecule has 1 aliphatic carbocycles. The van der Waals surface area contributed by atoms with Gasteiger partial charge < -0.3 is 0 Å². The van der Waals surface area contributed by atoms with Crippen LogP contribution in [0.4, 0.5) is 0 Å². The quantitative estimate of drug-likeness (QED) is 0.610. The monoisotopic (exact) mass is 379 g/mol. The lowest BCUT2D eigenvalue weighted by Crippen LogP contribution is -2.25. The molecule has 0 bridgehead atoms. The van der Waals surface area contributed by atoms with Crippen LogP contribution in [-0.2, 0) is 24.1 Å². The van der Waals surface area contributed by atoms with Gasteiger partial charge in [0.1, 0.15) is 0 Å². The fourth-order valence-corrected chi connectivity index (χ4v) is 4.50. The molecular formula is C23H22ClNO2. The van der Waals surface area contributed by atoms with E-state index in [1.54, 1.807) is 0 Å². The predicted molar refractivity (Wildman–Crippen MR) is 109 cm³/mol. The van der Waals surface area contributed by atoms with Gasteiger partial charge >= 0.3 is 0 Å². The summed E-state index contributed by atoms with van der Waals surface area (Å²) < 4.78 is 1.90. The van der Waals surface area contributed by atoms with Gasteiger partial charge in [-0.3, -0.25) is 14.2 Å². The molecule has 0 fully saturated rings. The van der Waals surface area contributed by atoms with Crippen molar-refractivity contribution in [2.45, 2.75) is 32.6 Å². The topological polar surface area (TPSA) is 39.1 Å². The maximum absolute atomic E-state index is 13.4. The molecule has 4 rings (SSSR count). The van der Waals surface area contributed by atoms with Gasteiger partial charge in [-0.1, -0.05) is 43.3 Å². The third-order valence-corrected chi connectivity index (χ3v) is 5.92. The van der Waals surface area contributed by atoms with Crippen molar-refractivity contribution < 1.29 is 9.59 Å². The number of nitrogens with zero attached hydrogens (tertiary/aromatic N) is 1. The molecular weight excluding hydrogens is 358 g/mol. The maximum atomic E-state index is 13.4. The number of hydrogen-bond donors (Lipinski definition) is 0. The molecule has 1 atom stereocenters. The van der Waals surface area contributed by atoms with Crippen LogP contribution in [0.2, 0.25) is 0 Å². The minimum absolute atomic E-state index is 0.00451. The molecule has 0 spiro atoms. The van der Waals surface area contributed by atoms with Crippen molar-refractivity contribution in [3.63, 3.8) is 0 Å². The summed E-state index contributed by atoms with van der Waals surface area (Å²) >= 11 is 5.81. The number of ketones is 1. The summed E-state index contributed by atoms with van der Waals surface area (Å²) in [5.74, 6) is 0.113. The average molecular weight is 380 g/mol. The van der Waals surface area contributed by atoms with Crippen LogP contribution < -0.4 is 0 Å². The van der Waals surface area contributed by atoms with Crippen molar-refractivity contribution in [2.24, 2.45) is 5.92 Å². The van der Waals surface area contributed by atoms with Gasteiger partial charge in [0.05, 0.1) is 11.4 Å². The molecule has 0 N–H and O–H groups in total. The molecule has 0 amide bonds. The zero-order valence-electron chi connectivity index (χ0n) is 15.4. The highest BCUT2D eigenvalue weighted by Gasteiger charge is 2.31. The molecule has 0 saturated heterocycles. The van der Waals surface area contributed by atoms with Crippen LogP contribution in [0.1, 0.15) is 40.5 Å². The molecule has 0 saturated carbocycles. The normalized spacial score (nSPS) is 16.3. The highest BCUT2D eigenvalue weighted by atomic mass is 35.5. The van der Waals surface area contributed by atoms with Crippen molar-refractivity contribution in [3.05, 3.63) is 70.9 Å². The molecule has 0 aliphatic heterocycles. The van der Waals surface area contributed by atoms with E-state index in [4.69, 9.17) is 11.6 Å². The molecule has 3 nitrogen and oxygen atoms in total. The number of rotatable bonds is 4. The first-order chi connectivity index (χ1) is 13.2. The highest BCUT2D eigenvalue weighted by molar-refractivity contribution is 6.28. The van der Waals surface area contributed by atoms with Crippen LogP contribution in [0.15, 0.2) is 48.5 Å². The number of carbonyl (C=O) groups is 2. The zero-order valence-corrected chi connectivity index (χ0v) is 16.1. The summed E-state index contributed by atoms with van der Waals surface area (Å²) in [5, 5.41) is 1.10. The second-order valence-electron chi connectivity index (χ2n) is 7.14. The van der Waals surface area contributed by atoms with Crippen molar-refractivity contribution >= 4 is 34.2 Å². The van der Waals surface area contributed by atoms with Crippen LogP contribution in [0.25, 0.3) is 10.9 Å². The predicted octanol–water partition coefficient (Wildman–Crippen LogP) is 4.81. The Balaban J connectivity index is 1.94. The Kier molecular flexibility index (Phi) is 4.88. The van der Waals surface area contributed by atoms with E-state index in [0.29, 0.717) is 12.0 Å². The summed E-state index contributed by atoms with van der Waals surface area (Å²) in [6, 6.07) is 15.6. The highest BCUT2D eigenvalue weighted by Crippen LogP contribution is 2.37. The van der Waals surface area contributed by atoms with Gasteiger partial charge in [-0.05, 0) is 48.9 Å². The summed E-state index contributed by atoms with van der Waals surface area (Å²) in [4.78, 5) is 25.6. The summed E-state index contributed by atoms with van der Waals surface area (Å²) in [7, 11) is 0. The largest absolute Gasteiger partial charge is 0.298 e. The number of hydrogen-bond acceptors (Lipinski definition) is 2. The third kappa shape index (κ3) is 3.00. The van der Waals surface area contributed by atoms with E-state index in [0.717, 1.165) is 47.0 Å². The number of benzene rings is 2. The Bertz CT molecular complexity index is 1020. The molecule has 1 aliphatic rings. The van der Waals surface area contributed by atoms with Gasteiger partial charge in [0, 0.05) is 22.6 Å². The van der Waals surface area contributed by atoms with Crippen molar-refractivity contribution in [3.8, 4) is 0 Å². The SMILES string of the molecule is CCc1cccc2c3c(n(C(=O)c4ccccc4)c12)CCC(C(=O)CCl)C3. The Morgan fingerprint density at radius 3 is 2.59 bits per heavy atom. The first-order valence-corrected chi connectivity index (χ1v) is 10.0. The molecule has 4 heteroatoms. The molecule has 1 heterocycles. The number of fused-ring (bicyclic) bond motifs is 3. The second kappa shape index (κ2) is 7.32. The van der Waals surface area contributed by atoms with E-state index in [9.17, 15) is 9.59 Å². The number of Topliss-reactive ketones (excluding diaryl/α,β-unsaturated/α-hetero) is 1. The Morgan fingerprint density at radius 2 is 1.89 bits per heavy atom. The zero-order chi connectivity index (χ0) is 19.0. The Hall–Kier alpha value is -2.39. The Morgan fingerprint density at radius 1 is 1.11 bits per heavy atom. The Labute approximate surface area is 163 Å². The molecule has 1 aromatic heterocycles. The molecule has 27 heavy (non-hydrogen) atoms. The number of para-hydroxylation sites is 1. The van der Waals surface area contributed by atoms with Crippen molar-refractivity contribution in [2.75, 3.05) is 5.88 Å². The fraction of sp³-hybridized carbons (Fsp3) is 0.304. The molecule has 3 aromatic rings.